The second kappa shape index (κ2) is 2.54. The summed E-state index contributed by atoms with van der Waals surface area (Å²) in [5.74, 6) is 0.354. The van der Waals surface area contributed by atoms with Crippen LogP contribution in [0.2, 0.25) is 0 Å². The van der Waals surface area contributed by atoms with Crippen LogP contribution < -0.4 is 16.2 Å². The fraction of sp³-hybridized carbons (Fsp3) is 0.800. The maximum atomic E-state index is 11.2. The Morgan fingerprint density at radius 3 is 2.75 bits per heavy atom. The Balaban J connectivity index is 2.17. The molecule has 0 aliphatic carbocycles. The van der Waals surface area contributed by atoms with Gasteiger partial charge in [0.05, 0.1) is 23.6 Å². The minimum atomic E-state index is -2.88. The zero-order valence-electron chi connectivity index (χ0n) is 6.20. The van der Waals surface area contributed by atoms with Crippen LogP contribution in [0.4, 0.5) is 0 Å². The van der Waals surface area contributed by atoms with Crippen LogP contribution in [0.5, 0.6) is 0 Å². The van der Waals surface area contributed by atoms with E-state index in [2.05, 4.69) is 16.2 Å². The molecule has 3 N–H and O–H groups in total. The van der Waals surface area contributed by atoms with Gasteiger partial charge in [-0.15, -0.1) is 0 Å². The van der Waals surface area contributed by atoms with Gasteiger partial charge in [-0.1, -0.05) is 0 Å². The van der Waals surface area contributed by atoms with Gasteiger partial charge < -0.3 is 5.32 Å². The van der Waals surface area contributed by atoms with E-state index in [-0.39, 0.29) is 23.6 Å². The maximum absolute atomic E-state index is 11.2. The summed E-state index contributed by atoms with van der Waals surface area (Å²) in [6.45, 7) is 0. The van der Waals surface area contributed by atoms with E-state index >= 15 is 0 Å². The Hall–Kier alpha value is -0.400. The summed E-state index contributed by atoms with van der Waals surface area (Å²) in [5, 5.41) is 3.38. The molecule has 2 fully saturated rings. The molecule has 2 aliphatic rings. The number of rotatable bonds is 0. The maximum Gasteiger partial charge on any atom is 0.181 e. The van der Waals surface area contributed by atoms with Crippen molar-refractivity contribution in [3.63, 3.8) is 0 Å². The Labute approximate surface area is 75.8 Å². The number of thiocarbonyl (C=S) groups is 1. The molecule has 0 aromatic carbocycles. The molecule has 68 valence electrons. The summed E-state index contributed by atoms with van der Waals surface area (Å²) in [6.07, 6.45) is 0. The monoisotopic (exact) mass is 207 g/mol. The molecule has 2 heterocycles. The van der Waals surface area contributed by atoms with Gasteiger partial charge >= 0.3 is 0 Å². The first-order chi connectivity index (χ1) is 5.57. The summed E-state index contributed by atoms with van der Waals surface area (Å²) < 4.78 is 22.3. The molecule has 5 nitrogen and oxygen atoms in total. The van der Waals surface area contributed by atoms with Crippen LogP contribution in [-0.2, 0) is 9.84 Å². The zero-order valence-corrected chi connectivity index (χ0v) is 7.83. The molecule has 0 bridgehead atoms. The molecule has 0 radical (unpaired) electrons. The van der Waals surface area contributed by atoms with Crippen LogP contribution in [0.15, 0.2) is 0 Å². The van der Waals surface area contributed by atoms with Crippen LogP contribution in [0.3, 0.4) is 0 Å². The standard InChI is InChI=1S/C5H9N3O2S2/c9-12(10)1-3-4(2-12)7-8-5(11)6-3/h3-4,7H,1-2H2,(H2,6,8,11). The first kappa shape index (κ1) is 8.21. The van der Waals surface area contributed by atoms with Gasteiger partial charge in [-0.3, -0.25) is 5.43 Å². The number of hydrogen-bond acceptors (Lipinski definition) is 4. The van der Waals surface area contributed by atoms with E-state index in [4.69, 9.17) is 12.2 Å². The Morgan fingerprint density at radius 1 is 1.33 bits per heavy atom. The highest BCUT2D eigenvalue weighted by atomic mass is 32.2. The summed E-state index contributed by atoms with van der Waals surface area (Å²) in [5.41, 5.74) is 5.55. The van der Waals surface area contributed by atoms with Gasteiger partial charge in [-0.25, -0.2) is 13.8 Å². The average molecular weight is 207 g/mol. The van der Waals surface area contributed by atoms with Gasteiger partial charge in [0.25, 0.3) is 0 Å². The third-order valence-corrected chi connectivity index (χ3v) is 3.99. The molecule has 7 heteroatoms. The molecular weight excluding hydrogens is 198 g/mol. The molecule has 0 aromatic rings. The molecule has 2 unspecified atom stereocenters. The summed E-state index contributed by atoms with van der Waals surface area (Å²) >= 11 is 4.83. The largest absolute Gasteiger partial charge is 0.356 e. The molecule has 2 aliphatic heterocycles. The number of fused-ring (bicyclic) bond motifs is 1. The second-order valence-electron chi connectivity index (χ2n) is 3.03. The zero-order chi connectivity index (χ0) is 8.77. The highest BCUT2D eigenvalue weighted by molar-refractivity contribution is 7.91. The van der Waals surface area contributed by atoms with E-state index < -0.39 is 9.84 Å². The minimum absolute atomic E-state index is 0.0540. The van der Waals surface area contributed by atoms with Crippen molar-refractivity contribution in [2.75, 3.05) is 11.5 Å². The first-order valence-corrected chi connectivity index (χ1v) is 5.82. The number of sulfone groups is 1. The van der Waals surface area contributed by atoms with Crippen LogP contribution in [0.1, 0.15) is 0 Å². The van der Waals surface area contributed by atoms with Gasteiger partial charge in [0.15, 0.2) is 14.9 Å². The van der Waals surface area contributed by atoms with Crippen molar-refractivity contribution in [3.8, 4) is 0 Å². The number of nitrogens with one attached hydrogen (secondary N) is 3. The van der Waals surface area contributed by atoms with Crippen molar-refractivity contribution in [2.24, 2.45) is 0 Å². The van der Waals surface area contributed by atoms with E-state index in [9.17, 15) is 8.42 Å². The summed E-state index contributed by atoms with van der Waals surface area (Å²) in [6, 6.07) is -0.120. The van der Waals surface area contributed by atoms with Gasteiger partial charge in [-0.2, -0.15) is 0 Å². The van der Waals surface area contributed by atoms with Crippen molar-refractivity contribution in [1.82, 2.24) is 16.2 Å². The molecule has 0 spiro atoms. The summed E-state index contributed by atoms with van der Waals surface area (Å²) in [7, 11) is -2.88. The molecule has 12 heavy (non-hydrogen) atoms. The van der Waals surface area contributed by atoms with Crippen molar-refractivity contribution < 1.29 is 8.42 Å². The van der Waals surface area contributed by atoms with Crippen LogP contribution in [-0.4, -0.2) is 37.1 Å². The van der Waals surface area contributed by atoms with Gasteiger partial charge in [0, 0.05) is 0 Å². The SMILES string of the molecule is O=S1(=O)CC2NNC(=S)NC2C1. The quantitative estimate of drug-likeness (QED) is 0.405. The van der Waals surface area contributed by atoms with Crippen molar-refractivity contribution in [2.45, 2.75) is 12.1 Å². The lowest BCUT2D eigenvalue weighted by Crippen LogP contribution is -2.63. The molecular formula is C5H9N3O2S2. The Kier molecular flexibility index (Phi) is 1.74. The number of hydrazine groups is 1. The second-order valence-corrected chi connectivity index (χ2v) is 5.59. The van der Waals surface area contributed by atoms with Gasteiger partial charge in [0.2, 0.25) is 0 Å². The highest BCUT2D eigenvalue weighted by Gasteiger charge is 2.40. The lowest BCUT2D eigenvalue weighted by molar-refractivity contribution is 0.416. The molecule has 2 rings (SSSR count). The van der Waals surface area contributed by atoms with E-state index in [1.165, 1.54) is 0 Å². The Bertz CT molecular complexity index is 313. The third kappa shape index (κ3) is 1.39. The van der Waals surface area contributed by atoms with Crippen LogP contribution in [0, 0.1) is 0 Å². The van der Waals surface area contributed by atoms with E-state index in [1.807, 2.05) is 0 Å². The topological polar surface area (TPSA) is 70.2 Å². The predicted octanol–water partition coefficient (Wildman–Crippen LogP) is -1.87. The minimum Gasteiger partial charge on any atom is -0.356 e. The van der Waals surface area contributed by atoms with Gasteiger partial charge in [-0.05, 0) is 12.2 Å². The fourth-order valence-electron chi connectivity index (χ4n) is 1.49. The van der Waals surface area contributed by atoms with Crippen molar-refractivity contribution in [3.05, 3.63) is 0 Å². The third-order valence-electron chi connectivity index (χ3n) is 2.04. The smallest absolute Gasteiger partial charge is 0.181 e. The van der Waals surface area contributed by atoms with Crippen molar-refractivity contribution in [1.29, 1.82) is 0 Å². The highest BCUT2D eigenvalue weighted by Crippen LogP contribution is 2.13. The van der Waals surface area contributed by atoms with E-state index in [0.29, 0.717) is 5.11 Å². The summed E-state index contributed by atoms with van der Waals surface area (Å²) in [4.78, 5) is 0. The van der Waals surface area contributed by atoms with Crippen molar-refractivity contribution >= 4 is 27.2 Å². The molecule has 0 amide bonds. The predicted molar refractivity (Wildman–Crippen MR) is 48.2 cm³/mol. The van der Waals surface area contributed by atoms with E-state index in [0.717, 1.165) is 0 Å². The fourth-order valence-corrected chi connectivity index (χ4v) is 3.57. The molecule has 2 saturated heterocycles. The molecule has 2 atom stereocenters. The first-order valence-electron chi connectivity index (χ1n) is 3.59. The molecule has 0 aromatic heterocycles. The lowest BCUT2D eigenvalue weighted by atomic mass is 10.2. The molecule has 0 saturated carbocycles. The van der Waals surface area contributed by atoms with E-state index in [1.54, 1.807) is 0 Å². The van der Waals surface area contributed by atoms with Gasteiger partial charge in [0.1, 0.15) is 0 Å². The number of hydrogen-bond donors (Lipinski definition) is 3. The average Bonchev–Trinajstić information content (AvgIpc) is 2.21. The van der Waals surface area contributed by atoms with Crippen LogP contribution >= 0.6 is 12.2 Å². The normalized spacial score (nSPS) is 38.2. The Morgan fingerprint density at radius 2 is 2.00 bits per heavy atom. The van der Waals surface area contributed by atoms with Crippen LogP contribution in [0.25, 0.3) is 0 Å². The lowest BCUT2D eigenvalue weighted by Gasteiger charge is -2.28.